The maximum Gasteiger partial charge on any atom is 0.488 e. The molecule has 178 valence electrons. The first-order chi connectivity index (χ1) is 15.0. The molecule has 1 aromatic carbocycles. The molecule has 2 unspecified atom stereocenters. The summed E-state index contributed by atoms with van der Waals surface area (Å²) in [6, 6.07) is 9.60. The Morgan fingerprint density at radius 1 is 1.06 bits per heavy atom. The molecule has 0 radical (unpaired) electrons. The molecule has 1 rings (SSSR count). The van der Waals surface area contributed by atoms with Crippen molar-refractivity contribution in [1.29, 1.82) is 0 Å². The highest BCUT2D eigenvalue weighted by atomic mass is 31.1. The number of ether oxygens (including phenoxy) is 1. The zero-order chi connectivity index (χ0) is 23.2. The van der Waals surface area contributed by atoms with Gasteiger partial charge in [-0.1, -0.05) is 82.7 Å². The van der Waals surface area contributed by atoms with E-state index in [0.717, 1.165) is 37.7 Å². The lowest BCUT2D eigenvalue weighted by molar-refractivity contribution is -0.186. The van der Waals surface area contributed by atoms with Crippen LogP contribution in [0.2, 0.25) is 0 Å². The average Bonchev–Trinajstić information content (AvgIpc) is 2.77. The first kappa shape index (κ1) is 29.6. The fourth-order valence-corrected chi connectivity index (χ4v) is 3.02. The molecule has 1 amide bonds. The van der Waals surface area contributed by atoms with Crippen LogP contribution in [0.5, 0.6) is 0 Å². The summed E-state index contributed by atoms with van der Waals surface area (Å²) in [5.74, 6) is 0.0907. The Morgan fingerprint density at radius 3 is 2.35 bits per heavy atom. The Hall–Kier alpha value is -1.37. The van der Waals surface area contributed by atoms with Crippen LogP contribution in [0.4, 0.5) is 0 Å². The van der Waals surface area contributed by atoms with E-state index in [0.29, 0.717) is 13.0 Å². The van der Waals surface area contributed by atoms with Crippen LogP contribution in [0.3, 0.4) is 0 Å². The molecule has 0 aromatic heterocycles. The van der Waals surface area contributed by atoms with Crippen LogP contribution in [-0.4, -0.2) is 36.9 Å². The molecule has 2 N–H and O–H groups in total. The molecule has 0 spiro atoms. The molecule has 0 heterocycles. The first-order valence-corrected chi connectivity index (χ1v) is 12.4. The Bertz CT molecular complexity index is 558. The summed E-state index contributed by atoms with van der Waals surface area (Å²) in [5, 5.41) is 12.1. The third-order valence-electron chi connectivity index (χ3n) is 4.53. The summed E-state index contributed by atoms with van der Waals surface area (Å²) in [6.07, 6.45) is 9.43. The van der Waals surface area contributed by atoms with Gasteiger partial charge in [0.15, 0.2) is 0 Å². The van der Waals surface area contributed by atoms with E-state index < -0.39 is 8.25 Å². The maximum absolute atomic E-state index is 11.6. The lowest BCUT2D eigenvalue weighted by Gasteiger charge is -2.16. The third kappa shape index (κ3) is 20.3. The minimum absolute atomic E-state index is 0.0408. The van der Waals surface area contributed by atoms with Crippen LogP contribution in [0.1, 0.15) is 77.2 Å². The number of rotatable bonds is 17. The molecule has 0 bridgehead atoms. The highest BCUT2D eigenvalue weighted by Crippen LogP contribution is 2.08. The smallest absolute Gasteiger partial charge is 0.488 e. The monoisotopic (exact) mass is 457 g/mol. The molecule has 0 saturated heterocycles. The lowest BCUT2D eigenvalue weighted by atomic mass is 10.1. The molecule has 7 nitrogen and oxygen atoms in total. The number of amides is 1. The standard InChI is InChI=1S/C14H29NO2.C9H11O4P/c1-3-5-7-9-10-13(12-16)15-14(17)11-8-6-4-2;10-14(11)13-7-6-12-8-9-4-2-1-3-5-9/h13,16H,3-12H2,1-2H3,(H,15,17);1-5H,6-8H2. The van der Waals surface area contributed by atoms with Crippen LogP contribution in [0.25, 0.3) is 0 Å². The van der Waals surface area contributed by atoms with Gasteiger partial charge in [0.2, 0.25) is 5.91 Å². The summed E-state index contributed by atoms with van der Waals surface area (Å²) in [4.78, 5) is 21.5. The molecule has 1 aromatic rings. The second-order valence-electron chi connectivity index (χ2n) is 7.35. The number of carbonyl (C=O) groups excluding carboxylic acids is 1. The van der Waals surface area contributed by atoms with E-state index in [1.807, 2.05) is 30.3 Å². The SMILES string of the molecule is CCCCCCC(CO)NC(=O)CCCCC.O=[P+]([O-])OCCOCc1ccccc1. The van der Waals surface area contributed by atoms with Crippen LogP contribution in [-0.2, 0) is 25.2 Å². The topological polar surface area (TPSA) is 108 Å². The zero-order valence-corrected chi connectivity index (χ0v) is 20.0. The van der Waals surface area contributed by atoms with Crippen LogP contribution < -0.4 is 10.2 Å². The molecule has 0 aliphatic heterocycles. The quantitative estimate of drug-likeness (QED) is 0.267. The Morgan fingerprint density at radius 2 is 1.74 bits per heavy atom. The second-order valence-corrected chi connectivity index (χ2v) is 8.05. The molecule has 0 fully saturated rings. The van der Waals surface area contributed by atoms with Gasteiger partial charge < -0.3 is 20.1 Å². The largest absolute Gasteiger partial charge is 0.566 e. The number of hydrogen-bond acceptors (Lipinski definition) is 6. The summed E-state index contributed by atoms with van der Waals surface area (Å²) < 4.78 is 19.5. The minimum atomic E-state index is -2.75. The van der Waals surface area contributed by atoms with Crippen molar-refractivity contribution in [3.05, 3.63) is 35.9 Å². The Kier molecular flexibility index (Phi) is 20.9. The summed E-state index contributed by atoms with van der Waals surface area (Å²) in [5.41, 5.74) is 1.05. The fourth-order valence-electron chi connectivity index (χ4n) is 2.80. The second kappa shape index (κ2) is 21.8. The Balaban J connectivity index is 0.000000590. The summed E-state index contributed by atoms with van der Waals surface area (Å²) in [7, 11) is -2.75. The van der Waals surface area contributed by atoms with Gasteiger partial charge in [0.25, 0.3) is 0 Å². The van der Waals surface area contributed by atoms with Crippen molar-refractivity contribution in [3.63, 3.8) is 0 Å². The predicted molar refractivity (Wildman–Crippen MR) is 122 cm³/mol. The van der Waals surface area contributed by atoms with Crippen molar-refractivity contribution in [2.75, 3.05) is 19.8 Å². The van der Waals surface area contributed by atoms with Crippen molar-refractivity contribution in [3.8, 4) is 0 Å². The fraction of sp³-hybridized carbons (Fsp3) is 0.696. The molecule has 8 heteroatoms. The highest BCUT2D eigenvalue weighted by Gasteiger charge is 2.10. The van der Waals surface area contributed by atoms with Gasteiger partial charge in [0.05, 0.1) is 25.9 Å². The average molecular weight is 458 g/mol. The normalized spacial score (nSPS) is 11.9. The molecular formula is C23H40NO6P. The lowest BCUT2D eigenvalue weighted by Crippen LogP contribution is -2.37. The number of aliphatic hydroxyl groups is 1. The van der Waals surface area contributed by atoms with Gasteiger partial charge in [-0.25, -0.2) is 0 Å². The maximum atomic E-state index is 11.6. The van der Waals surface area contributed by atoms with Crippen molar-refractivity contribution in [2.24, 2.45) is 0 Å². The van der Waals surface area contributed by atoms with Crippen molar-refractivity contribution < 1.29 is 28.6 Å². The van der Waals surface area contributed by atoms with Gasteiger partial charge in [0, 0.05) is 6.42 Å². The number of nitrogens with one attached hydrogen (secondary N) is 1. The number of benzene rings is 1. The van der Waals surface area contributed by atoms with Crippen molar-refractivity contribution in [1.82, 2.24) is 5.32 Å². The minimum Gasteiger partial charge on any atom is -0.566 e. The van der Waals surface area contributed by atoms with E-state index in [4.69, 9.17) is 4.74 Å². The first-order valence-electron chi connectivity index (χ1n) is 11.3. The molecule has 0 saturated carbocycles. The van der Waals surface area contributed by atoms with Gasteiger partial charge in [-0.3, -0.25) is 4.79 Å². The van der Waals surface area contributed by atoms with Crippen LogP contribution >= 0.6 is 8.25 Å². The van der Waals surface area contributed by atoms with Gasteiger partial charge in [-0.05, 0) is 23.0 Å². The molecular weight excluding hydrogens is 417 g/mol. The van der Waals surface area contributed by atoms with E-state index in [2.05, 4.69) is 23.7 Å². The van der Waals surface area contributed by atoms with Gasteiger partial charge in [0.1, 0.15) is 6.61 Å². The van der Waals surface area contributed by atoms with Crippen molar-refractivity contribution in [2.45, 2.75) is 84.3 Å². The zero-order valence-electron chi connectivity index (χ0n) is 19.1. The van der Waals surface area contributed by atoms with Gasteiger partial charge >= 0.3 is 8.25 Å². The van der Waals surface area contributed by atoms with Gasteiger partial charge in [-0.15, -0.1) is 4.52 Å². The summed E-state index contributed by atoms with van der Waals surface area (Å²) in [6.45, 7) is 5.19. The number of hydrogen-bond donors (Lipinski definition) is 2. The Labute approximate surface area is 188 Å². The number of unbranched alkanes of at least 4 members (excludes halogenated alkanes) is 5. The molecule has 0 aliphatic rings. The molecule has 31 heavy (non-hydrogen) atoms. The molecule has 2 atom stereocenters. The number of aliphatic hydroxyl groups excluding tert-OH is 1. The molecule has 0 aliphatic carbocycles. The van der Waals surface area contributed by atoms with Crippen LogP contribution in [0, 0.1) is 0 Å². The summed E-state index contributed by atoms with van der Waals surface area (Å²) >= 11 is 0. The van der Waals surface area contributed by atoms with E-state index in [1.165, 1.54) is 19.3 Å². The third-order valence-corrected chi connectivity index (χ3v) is 4.93. The van der Waals surface area contributed by atoms with E-state index in [9.17, 15) is 19.4 Å². The van der Waals surface area contributed by atoms with Gasteiger partial charge in [-0.2, -0.15) is 0 Å². The van der Waals surface area contributed by atoms with E-state index >= 15 is 0 Å². The van der Waals surface area contributed by atoms with E-state index in [1.54, 1.807) is 0 Å². The van der Waals surface area contributed by atoms with E-state index in [-0.39, 0.29) is 31.8 Å². The predicted octanol–water partition coefficient (Wildman–Crippen LogP) is 4.25. The van der Waals surface area contributed by atoms with Crippen LogP contribution in [0.15, 0.2) is 30.3 Å². The van der Waals surface area contributed by atoms with Crippen molar-refractivity contribution >= 4 is 14.2 Å². The number of carbonyl (C=O) groups is 1. The highest BCUT2D eigenvalue weighted by molar-refractivity contribution is 7.30.